The van der Waals surface area contributed by atoms with Crippen molar-refractivity contribution in [2.45, 2.75) is 13.8 Å². The summed E-state index contributed by atoms with van der Waals surface area (Å²) in [5, 5.41) is 6.08. The summed E-state index contributed by atoms with van der Waals surface area (Å²) in [6, 6.07) is 16.3. The van der Waals surface area contributed by atoms with E-state index in [1.807, 2.05) is 60.8 Å². The van der Waals surface area contributed by atoms with Crippen LogP contribution in [0.2, 0.25) is 0 Å². The minimum Gasteiger partial charge on any atom is -0.339 e. The number of aromatic nitrogens is 2. The molecule has 0 unspecified atom stereocenters. The molecule has 0 aliphatic rings. The van der Waals surface area contributed by atoms with E-state index in [9.17, 15) is 4.79 Å². The van der Waals surface area contributed by atoms with Crippen molar-refractivity contribution in [3.63, 3.8) is 0 Å². The molecule has 0 aliphatic heterocycles. The first kappa shape index (κ1) is 20.0. The molecule has 0 bridgehead atoms. The number of aryl methyl sites for hydroxylation is 2. The van der Waals surface area contributed by atoms with Crippen LogP contribution >= 0.6 is 12.6 Å². The van der Waals surface area contributed by atoms with E-state index in [1.165, 1.54) is 6.07 Å². The van der Waals surface area contributed by atoms with Crippen LogP contribution in [0, 0.1) is 19.7 Å². The fourth-order valence-electron chi connectivity index (χ4n) is 3.42. The zero-order valence-corrected chi connectivity index (χ0v) is 17.5. The highest BCUT2D eigenvalue weighted by Crippen LogP contribution is 2.35. The fraction of sp³-hybridized carbons (Fsp3) is 0.130. The molecule has 1 amide bonds. The van der Waals surface area contributed by atoms with Gasteiger partial charge in [0.2, 0.25) is 5.91 Å². The highest BCUT2D eigenvalue weighted by Gasteiger charge is 2.19. The van der Waals surface area contributed by atoms with Crippen molar-refractivity contribution in [2.75, 3.05) is 16.4 Å². The molecule has 0 atom stereocenters. The Bertz CT molecular complexity index is 1230. The second-order valence-corrected chi connectivity index (χ2v) is 7.35. The van der Waals surface area contributed by atoms with Crippen molar-refractivity contribution in [2.24, 2.45) is 0 Å². The molecule has 7 heteroatoms. The number of hydrogen-bond acceptors (Lipinski definition) is 4. The van der Waals surface area contributed by atoms with Gasteiger partial charge in [0.1, 0.15) is 23.0 Å². The van der Waals surface area contributed by atoms with E-state index in [0.717, 1.165) is 16.8 Å². The van der Waals surface area contributed by atoms with E-state index in [-0.39, 0.29) is 11.7 Å². The zero-order valence-electron chi connectivity index (χ0n) is 16.6. The number of hydrogen-bond donors (Lipinski definition) is 3. The number of amides is 1. The van der Waals surface area contributed by atoms with Crippen molar-refractivity contribution in [1.82, 2.24) is 9.38 Å². The number of para-hydroxylation sites is 1. The monoisotopic (exact) mass is 420 g/mol. The molecule has 0 fully saturated rings. The number of nitrogens with zero attached hydrogens (tertiary/aromatic N) is 2. The number of pyridine rings is 1. The number of anilines is 3. The molecular weight excluding hydrogens is 399 g/mol. The van der Waals surface area contributed by atoms with Crippen molar-refractivity contribution in [3.05, 3.63) is 77.7 Å². The average molecular weight is 421 g/mol. The Balaban J connectivity index is 1.84. The fourth-order valence-corrected chi connectivity index (χ4v) is 3.50. The van der Waals surface area contributed by atoms with E-state index in [2.05, 4.69) is 28.2 Å². The third-order valence-electron chi connectivity index (χ3n) is 4.91. The molecule has 4 aromatic rings. The molecule has 5 nitrogen and oxygen atoms in total. The van der Waals surface area contributed by atoms with Crippen LogP contribution in [0.5, 0.6) is 0 Å². The van der Waals surface area contributed by atoms with Gasteiger partial charge >= 0.3 is 0 Å². The summed E-state index contributed by atoms with van der Waals surface area (Å²) in [5.41, 5.74) is 5.04. The molecule has 2 aromatic heterocycles. The van der Waals surface area contributed by atoms with Gasteiger partial charge in [-0.25, -0.2) is 9.37 Å². The molecule has 2 aromatic carbocycles. The number of rotatable bonds is 5. The first-order chi connectivity index (χ1) is 14.5. The number of thiol groups is 1. The van der Waals surface area contributed by atoms with Crippen LogP contribution < -0.4 is 10.6 Å². The maximum atomic E-state index is 15.0. The topological polar surface area (TPSA) is 58.4 Å². The Morgan fingerprint density at radius 1 is 1.10 bits per heavy atom. The number of fused-ring (bicyclic) bond motifs is 1. The van der Waals surface area contributed by atoms with Gasteiger partial charge in [0.15, 0.2) is 0 Å². The second-order valence-electron chi connectivity index (χ2n) is 7.03. The number of halogens is 1. The van der Waals surface area contributed by atoms with E-state index < -0.39 is 5.82 Å². The third kappa shape index (κ3) is 3.76. The predicted octanol–water partition coefficient (Wildman–Crippen LogP) is 5.37. The van der Waals surface area contributed by atoms with Crippen LogP contribution in [0.25, 0.3) is 16.9 Å². The number of carbonyl (C=O) groups excluding carboxylic acids is 1. The van der Waals surface area contributed by atoms with Gasteiger partial charge in [0.25, 0.3) is 0 Å². The highest BCUT2D eigenvalue weighted by molar-refractivity contribution is 7.81. The van der Waals surface area contributed by atoms with Crippen LogP contribution in [0.1, 0.15) is 11.1 Å². The minimum atomic E-state index is -0.472. The Labute approximate surface area is 179 Å². The van der Waals surface area contributed by atoms with Crippen LogP contribution in [0.4, 0.5) is 21.6 Å². The van der Waals surface area contributed by atoms with Crippen molar-refractivity contribution in [1.29, 1.82) is 0 Å². The smallest absolute Gasteiger partial charge is 0.234 e. The summed E-state index contributed by atoms with van der Waals surface area (Å²) >= 11 is 3.93. The lowest BCUT2D eigenvalue weighted by molar-refractivity contribution is -0.113. The molecule has 4 rings (SSSR count). The van der Waals surface area contributed by atoms with Gasteiger partial charge in [0.05, 0.1) is 5.75 Å². The normalized spacial score (nSPS) is 10.9. The van der Waals surface area contributed by atoms with Gasteiger partial charge in [-0.3, -0.25) is 9.20 Å². The predicted molar refractivity (Wildman–Crippen MR) is 122 cm³/mol. The Hall–Kier alpha value is -3.32. The molecule has 0 saturated heterocycles. The lowest BCUT2D eigenvalue weighted by Gasteiger charge is -2.14. The quantitative estimate of drug-likeness (QED) is 0.381. The van der Waals surface area contributed by atoms with Gasteiger partial charge in [-0.15, -0.1) is 0 Å². The van der Waals surface area contributed by atoms with Crippen molar-refractivity contribution in [3.8, 4) is 11.3 Å². The Kier molecular flexibility index (Phi) is 5.46. The molecule has 0 spiro atoms. The summed E-state index contributed by atoms with van der Waals surface area (Å²) in [4.78, 5) is 16.2. The average Bonchev–Trinajstić information content (AvgIpc) is 3.09. The van der Waals surface area contributed by atoms with Gasteiger partial charge in [-0.1, -0.05) is 24.3 Å². The SMILES string of the molecule is Cc1cccc(C)c1Nc1c(-c2ccc(NC(=O)CS)cc2F)nc2ccccn12. The standard InChI is InChI=1S/C23H21FN4OS/c1-14-6-5-7-15(2)21(14)27-23-22(26-19-8-3-4-11-28(19)23)17-10-9-16(12-18(17)24)25-20(29)13-30/h3-12,27,30H,13H2,1-2H3,(H,25,29). The molecule has 0 saturated carbocycles. The van der Waals surface area contributed by atoms with E-state index in [0.29, 0.717) is 28.4 Å². The van der Waals surface area contributed by atoms with Crippen molar-refractivity contribution < 1.29 is 9.18 Å². The number of imidazole rings is 1. The maximum Gasteiger partial charge on any atom is 0.234 e. The minimum absolute atomic E-state index is 0.0274. The number of nitrogens with one attached hydrogen (secondary N) is 2. The Morgan fingerprint density at radius 2 is 1.87 bits per heavy atom. The highest BCUT2D eigenvalue weighted by atomic mass is 32.1. The first-order valence-electron chi connectivity index (χ1n) is 9.49. The summed E-state index contributed by atoms with van der Waals surface area (Å²) in [5.74, 6) is -0.0656. The lowest BCUT2D eigenvalue weighted by atomic mass is 10.1. The van der Waals surface area contributed by atoms with Gasteiger partial charge < -0.3 is 10.6 Å². The molecule has 152 valence electrons. The summed E-state index contributed by atoms with van der Waals surface area (Å²) in [6.45, 7) is 4.05. The van der Waals surface area contributed by atoms with Crippen LogP contribution in [-0.4, -0.2) is 21.0 Å². The molecule has 0 aliphatic carbocycles. The molecule has 2 N–H and O–H groups in total. The van der Waals surface area contributed by atoms with Crippen LogP contribution in [-0.2, 0) is 4.79 Å². The van der Waals surface area contributed by atoms with Gasteiger partial charge in [-0.2, -0.15) is 12.6 Å². The van der Waals surface area contributed by atoms with Crippen LogP contribution in [0.3, 0.4) is 0 Å². The van der Waals surface area contributed by atoms with E-state index >= 15 is 4.39 Å². The largest absolute Gasteiger partial charge is 0.339 e. The molecule has 30 heavy (non-hydrogen) atoms. The Morgan fingerprint density at radius 3 is 2.57 bits per heavy atom. The van der Waals surface area contributed by atoms with Crippen LogP contribution in [0.15, 0.2) is 60.8 Å². The number of benzene rings is 2. The number of carbonyl (C=O) groups is 1. The second kappa shape index (κ2) is 8.20. The maximum absolute atomic E-state index is 15.0. The van der Waals surface area contributed by atoms with Gasteiger partial charge in [-0.05, 0) is 55.3 Å². The molecule has 2 heterocycles. The molecular formula is C23H21FN4OS. The summed E-state index contributed by atoms with van der Waals surface area (Å²) in [6.07, 6.45) is 1.89. The summed E-state index contributed by atoms with van der Waals surface area (Å²) < 4.78 is 16.9. The molecule has 0 radical (unpaired) electrons. The third-order valence-corrected chi connectivity index (χ3v) is 5.19. The first-order valence-corrected chi connectivity index (χ1v) is 10.1. The van der Waals surface area contributed by atoms with E-state index in [1.54, 1.807) is 12.1 Å². The van der Waals surface area contributed by atoms with Crippen molar-refractivity contribution >= 4 is 41.4 Å². The van der Waals surface area contributed by atoms with Gasteiger partial charge in [0, 0.05) is 23.1 Å². The zero-order chi connectivity index (χ0) is 21.3. The van der Waals surface area contributed by atoms with E-state index in [4.69, 9.17) is 0 Å². The lowest BCUT2D eigenvalue weighted by Crippen LogP contribution is -2.12. The summed E-state index contributed by atoms with van der Waals surface area (Å²) in [7, 11) is 0.